The third-order valence-corrected chi connectivity index (χ3v) is 6.99. The molecular weight excluding hydrogens is 412 g/mol. The lowest BCUT2D eigenvalue weighted by Gasteiger charge is -2.31. The van der Waals surface area contributed by atoms with Crippen LogP contribution in [0.1, 0.15) is 24.0 Å². The van der Waals surface area contributed by atoms with Crippen LogP contribution < -0.4 is 14.4 Å². The lowest BCUT2D eigenvalue weighted by atomic mass is 9.83. The lowest BCUT2D eigenvalue weighted by molar-refractivity contribution is -0.00972. The molecule has 2 saturated heterocycles. The summed E-state index contributed by atoms with van der Waals surface area (Å²) in [6.07, 6.45) is 7.11. The number of aromatic nitrogens is 4. The molecule has 0 aromatic carbocycles. The van der Waals surface area contributed by atoms with Gasteiger partial charge >= 0.3 is 6.01 Å². The molecular formula is C22H30N6O4. The van der Waals surface area contributed by atoms with Crippen molar-refractivity contribution in [2.75, 3.05) is 58.5 Å². The molecule has 5 rings (SSSR count). The minimum absolute atomic E-state index is 0.0990. The van der Waals surface area contributed by atoms with E-state index in [1.54, 1.807) is 13.3 Å². The van der Waals surface area contributed by atoms with E-state index in [9.17, 15) is 5.11 Å². The Morgan fingerprint density at radius 2 is 1.88 bits per heavy atom. The third-order valence-electron chi connectivity index (χ3n) is 6.99. The van der Waals surface area contributed by atoms with Crippen LogP contribution in [0.15, 0.2) is 18.6 Å². The first kappa shape index (κ1) is 21.3. The molecule has 4 heterocycles. The molecule has 1 N–H and O–H groups in total. The van der Waals surface area contributed by atoms with Crippen LogP contribution >= 0.6 is 0 Å². The molecule has 2 aliphatic heterocycles. The van der Waals surface area contributed by atoms with Gasteiger partial charge in [0.1, 0.15) is 5.60 Å². The number of hydrogen-bond donors (Lipinski definition) is 1. The highest BCUT2D eigenvalue weighted by atomic mass is 16.5. The lowest BCUT2D eigenvalue weighted by Crippen LogP contribution is -2.37. The van der Waals surface area contributed by atoms with Gasteiger partial charge in [-0.15, -0.1) is 0 Å². The van der Waals surface area contributed by atoms with E-state index in [0.29, 0.717) is 37.0 Å². The van der Waals surface area contributed by atoms with Gasteiger partial charge in [0.05, 0.1) is 33.0 Å². The van der Waals surface area contributed by atoms with Crippen LogP contribution in [0.2, 0.25) is 0 Å². The zero-order valence-corrected chi connectivity index (χ0v) is 18.6. The van der Waals surface area contributed by atoms with Crippen molar-refractivity contribution in [1.29, 1.82) is 0 Å². The SMILES string of the molecule is COc1ncc([C@]2(O)CC[C@H]3CN(Cc4cnc(N5CCOCC5)nc4)C[C@H]32)c(OC)n1. The number of likely N-dealkylation sites (tertiary alicyclic amines) is 1. The number of rotatable bonds is 6. The number of morpholine rings is 1. The van der Waals surface area contributed by atoms with Crippen molar-refractivity contribution < 1.29 is 19.3 Å². The van der Waals surface area contributed by atoms with Crippen molar-refractivity contribution in [3.63, 3.8) is 0 Å². The summed E-state index contributed by atoms with van der Waals surface area (Å²) >= 11 is 0. The maximum atomic E-state index is 11.7. The number of hydrogen-bond acceptors (Lipinski definition) is 10. The molecule has 3 atom stereocenters. The van der Waals surface area contributed by atoms with Crippen LogP contribution in [0.4, 0.5) is 5.95 Å². The summed E-state index contributed by atoms with van der Waals surface area (Å²) < 4.78 is 16.0. The Bertz CT molecular complexity index is 939. The molecule has 1 aliphatic carbocycles. The van der Waals surface area contributed by atoms with E-state index in [-0.39, 0.29) is 11.9 Å². The summed E-state index contributed by atoms with van der Waals surface area (Å²) in [7, 11) is 3.07. The molecule has 0 radical (unpaired) electrons. The van der Waals surface area contributed by atoms with Gasteiger partial charge in [-0.05, 0) is 18.8 Å². The Balaban J connectivity index is 1.27. The monoisotopic (exact) mass is 442 g/mol. The smallest absolute Gasteiger partial charge is 0.319 e. The van der Waals surface area contributed by atoms with Gasteiger partial charge in [-0.3, -0.25) is 4.90 Å². The van der Waals surface area contributed by atoms with Crippen LogP contribution in [0, 0.1) is 11.8 Å². The van der Waals surface area contributed by atoms with Crippen LogP contribution in [0.5, 0.6) is 11.9 Å². The molecule has 0 spiro atoms. The summed E-state index contributed by atoms with van der Waals surface area (Å²) in [6, 6.07) is 0.234. The van der Waals surface area contributed by atoms with Gasteiger partial charge in [0.2, 0.25) is 11.8 Å². The van der Waals surface area contributed by atoms with Crippen molar-refractivity contribution in [1.82, 2.24) is 24.8 Å². The summed E-state index contributed by atoms with van der Waals surface area (Å²) in [5.74, 6) is 1.66. The number of nitrogens with zero attached hydrogens (tertiary/aromatic N) is 6. The molecule has 1 saturated carbocycles. The molecule has 10 heteroatoms. The number of aliphatic hydroxyl groups is 1. The van der Waals surface area contributed by atoms with E-state index in [4.69, 9.17) is 14.2 Å². The molecule has 10 nitrogen and oxygen atoms in total. The van der Waals surface area contributed by atoms with E-state index in [1.165, 1.54) is 7.11 Å². The van der Waals surface area contributed by atoms with Crippen molar-refractivity contribution >= 4 is 5.95 Å². The third kappa shape index (κ3) is 3.87. The van der Waals surface area contributed by atoms with Crippen molar-refractivity contribution in [2.45, 2.75) is 25.0 Å². The minimum atomic E-state index is -1.01. The first-order chi connectivity index (χ1) is 15.6. The second-order valence-corrected chi connectivity index (χ2v) is 8.79. The Morgan fingerprint density at radius 3 is 2.59 bits per heavy atom. The Morgan fingerprint density at radius 1 is 1.09 bits per heavy atom. The van der Waals surface area contributed by atoms with E-state index in [0.717, 1.165) is 50.7 Å². The number of anilines is 1. The molecule has 172 valence electrons. The number of methoxy groups -OCH3 is 2. The maximum Gasteiger partial charge on any atom is 0.319 e. The topological polar surface area (TPSA) is 106 Å². The summed E-state index contributed by atoms with van der Waals surface area (Å²) in [4.78, 5) is 22.2. The van der Waals surface area contributed by atoms with Gasteiger partial charge in [0, 0.05) is 62.8 Å². The minimum Gasteiger partial charge on any atom is -0.481 e. The molecule has 3 fully saturated rings. The summed E-state index contributed by atoms with van der Waals surface area (Å²) in [5.41, 5.74) is 0.720. The molecule has 2 aromatic rings. The molecule has 0 bridgehead atoms. The molecule has 0 amide bonds. The van der Waals surface area contributed by atoms with Crippen molar-refractivity contribution in [2.24, 2.45) is 11.8 Å². The first-order valence-corrected chi connectivity index (χ1v) is 11.1. The zero-order chi connectivity index (χ0) is 22.1. The van der Waals surface area contributed by atoms with Gasteiger partial charge in [-0.1, -0.05) is 0 Å². The van der Waals surface area contributed by atoms with Gasteiger partial charge < -0.3 is 24.2 Å². The van der Waals surface area contributed by atoms with E-state index in [2.05, 4.69) is 29.7 Å². The van der Waals surface area contributed by atoms with Gasteiger partial charge in [-0.25, -0.2) is 15.0 Å². The van der Waals surface area contributed by atoms with Gasteiger partial charge in [-0.2, -0.15) is 4.98 Å². The molecule has 32 heavy (non-hydrogen) atoms. The molecule has 2 aromatic heterocycles. The average molecular weight is 443 g/mol. The molecule has 3 aliphatic rings. The maximum absolute atomic E-state index is 11.7. The number of ether oxygens (including phenoxy) is 3. The molecule has 0 unspecified atom stereocenters. The Hall–Kier alpha value is -2.56. The summed E-state index contributed by atoms with van der Waals surface area (Å²) in [5, 5.41) is 11.7. The predicted octanol–water partition coefficient (Wildman–Crippen LogP) is 0.850. The normalized spacial score (nSPS) is 28.0. The zero-order valence-electron chi connectivity index (χ0n) is 18.6. The van der Waals surface area contributed by atoms with Crippen LogP contribution in [0.25, 0.3) is 0 Å². The second-order valence-electron chi connectivity index (χ2n) is 8.79. The Labute approximate surface area is 187 Å². The van der Waals surface area contributed by atoms with Crippen LogP contribution in [-0.4, -0.2) is 83.6 Å². The number of fused-ring (bicyclic) bond motifs is 1. The highest BCUT2D eigenvalue weighted by molar-refractivity contribution is 5.34. The second kappa shape index (κ2) is 8.76. The van der Waals surface area contributed by atoms with E-state index < -0.39 is 5.60 Å². The van der Waals surface area contributed by atoms with E-state index >= 15 is 0 Å². The van der Waals surface area contributed by atoms with Gasteiger partial charge in [0.25, 0.3) is 0 Å². The average Bonchev–Trinajstić information content (AvgIpc) is 3.39. The van der Waals surface area contributed by atoms with Crippen LogP contribution in [0.3, 0.4) is 0 Å². The standard InChI is InChI=1S/C22H30N6O4/c1-30-19-17(11-25-21(26-19)31-2)22(29)4-3-16-13-27(14-18(16)22)12-15-9-23-20(24-10-15)28-5-7-32-8-6-28/h9-11,16,18,29H,3-8,12-14H2,1-2H3/t16-,18+,22+/m0/s1. The fourth-order valence-electron chi connectivity index (χ4n) is 5.36. The largest absolute Gasteiger partial charge is 0.481 e. The van der Waals surface area contributed by atoms with Crippen molar-refractivity contribution in [3.8, 4) is 11.9 Å². The predicted molar refractivity (Wildman–Crippen MR) is 116 cm³/mol. The highest BCUT2D eigenvalue weighted by Gasteiger charge is 2.53. The van der Waals surface area contributed by atoms with Crippen LogP contribution in [-0.2, 0) is 16.9 Å². The quantitative estimate of drug-likeness (QED) is 0.692. The fraction of sp³-hybridized carbons (Fsp3) is 0.636. The summed E-state index contributed by atoms with van der Waals surface area (Å²) in [6.45, 7) is 5.59. The van der Waals surface area contributed by atoms with E-state index in [1.807, 2.05) is 12.4 Å². The van der Waals surface area contributed by atoms with Gasteiger partial charge in [0.15, 0.2) is 0 Å². The van der Waals surface area contributed by atoms with Crippen molar-refractivity contribution in [3.05, 3.63) is 29.7 Å². The highest BCUT2D eigenvalue weighted by Crippen LogP contribution is 2.52. The first-order valence-electron chi connectivity index (χ1n) is 11.1. The Kier molecular flexibility index (Phi) is 5.83. The fourth-order valence-corrected chi connectivity index (χ4v) is 5.36.